The molecule has 4 nitrogen and oxygen atoms in total. The Balaban J connectivity index is 1.90. The van der Waals surface area contributed by atoms with Crippen LogP contribution in [0.2, 0.25) is 0 Å². The minimum Gasteiger partial charge on any atom is -0.467 e. The van der Waals surface area contributed by atoms with E-state index < -0.39 is 6.10 Å². The van der Waals surface area contributed by atoms with Crippen molar-refractivity contribution in [2.45, 2.75) is 12.7 Å². The molecule has 0 bridgehead atoms. The molecule has 1 aromatic heterocycles. The molecule has 0 aliphatic rings. The Kier molecular flexibility index (Phi) is 8.67. The zero-order valence-corrected chi connectivity index (χ0v) is 11.3. The third kappa shape index (κ3) is 7.55. The van der Waals surface area contributed by atoms with Gasteiger partial charge in [0, 0.05) is 24.6 Å². The van der Waals surface area contributed by atoms with Crippen LogP contribution < -0.4 is 5.32 Å². The fourth-order valence-corrected chi connectivity index (χ4v) is 1.95. The molecule has 0 amide bonds. The minimum atomic E-state index is -0.482. The van der Waals surface area contributed by atoms with E-state index >= 15 is 0 Å². The SMILES string of the molecule is C=CCSCCNCC(O)COCc1ccco1. The maximum absolute atomic E-state index is 9.64. The van der Waals surface area contributed by atoms with Gasteiger partial charge in [-0.25, -0.2) is 0 Å². The highest BCUT2D eigenvalue weighted by atomic mass is 32.2. The fraction of sp³-hybridized carbons (Fsp3) is 0.538. The normalized spacial score (nSPS) is 12.5. The van der Waals surface area contributed by atoms with Gasteiger partial charge in [0.2, 0.25) is 0 Å². The van der Waals surface area contributed by atoms with Crippen LogP contribution in [0, 0.1) is 0 Å². The number of aliphatic hydroxyl groups excluding tert-OH is 1. The summed E-state index contributed by atoms with van der Waals surface area (Å²) in [5.74, 6) is 2.76. The molecule has 1 rings (SSSR count). The van der Waals surface area contributed by atoms with E-state index in [1.807, 2.05) is 30.0 Å². The summed E-state index contributed by atoms with van der Waals surface area (Å²) in [7, 11) is 0. The van der Waals surface area contributed by atoms with E-state index in [1.54, 1.807) is 6.26 Å². The van der Waals surface area contributed by atoms with E-state index in [-0.39, 0.29) is 0 Å². The van der Waals surface area contributed by atoms with Crippen LogP contribution in [0.25, 0.3) is 0 Å². The van der Waals surface area contributed by atoms with E-state index in [0.29, 0.717) is 19.8 Å². The summed E-state index contributed by atoms with van der Waals surface area (Å²) < 4.78 is 10.5. The van der Waals surface area contributed by atoms with Crippen molar-refractivity contribution in [3.8, 4) is 0 Å². The van der Waals surface area contributed by atoms with Crippen molar-refractivity contribution in [2.75, 3.05) is 31.2 Å². The number of hydrogen-bond donors (Lipinski definition) is 2. The van der Waals surface area contributed by atoms with E-state index in [0.717, 1.165) is 23.8 Å². The molecule has 0 saturated carbocycles. The minimum absolute atomic E-state index is 0.313. The molecule has 5 heteroatoms. The molecule has 0 spiro atoms. The monoisotopic (exact) mass is 271 g/mol. The largest absolute Gasteiger partial charge is 0.467 e. The summed E-state index contributed by atoms with van der Waals surface area (Å²) in [6, 6.07) is 3.67. The van der Waals surface area contributed by atoms with Gasteiger partial charge in [0.1, 0.15) is 12.4 Å². The molecule has 18 heavy (non-hydrogen) atoms. The Labute approximate surface area is 112 Å². The van der Waals surface area contributed by atoms with Crippen LogP contribution in [-0.2, 0) is 11.3 Å². The summed E-state index contributed by atoms with van der Waals surface area (Å²) in [6.45, 7) is 5.80. The maximum atomic E-state index is 9.64. The molecule has 1 aromatic rings. The highest BCUT2D eigenvalue weighted by Crippen LogP contribution is 2.02. The van der Waals surface area contributed by atoms with Crippen LogP contribution in [0.1, 0.15) is 5.76 Å². The van der Waals surface area contributed by atoms with Crippen LogP contribution in [0.15, 0.2) is 35.5 Å². The zero-order chi connectivity index (χ0) is 13.1. The van der Waals surface area contributed by atoms with Crippen molar-refractivity contribution in [2.24, 2.45) is 0 Å². The molecule has 0 saturated heterocycles. The maximum Gasteiger partial charge on any atom is 0.129 e. The molecule has 0 radical (unpaired) electrons. The predicted molar refractivity (Wildman–Crippen MR) is 74.8 cm³/mol. The third-order valence-corrected chi connectivity index (χ3v) is 3.14. The highest BCUT2D eigenvalue weighted by Gasteiger charge is 2.04. The average molecular weight is 271 g/mol. The highest BCUT2D eigenvalue weighted by molar-refractivity contribution is 7.99. The second-order valence-electron chi connectivity index (χ2n) is 3.82. The van der Waals surface area contributed by atoms with Crippen molar-refractivity contribution < 1.29 is 14.3 Å². The molecule has 0 fully saturated rings. The number of rotatable bonds is 11. The quantitative estimate of drug-likeness (QED) is 0.473. The number of ether oxygens (including phenoxy) is 1. The van der Waals surface area contributed by atoms with Crippen molar-refractivity contribution in [1.29, 1.82) is 0 Å². The van der Waals surface area contributed by atoms with E-state index in [2.05, 4.69) is 11.9 Å². The van der Waals surface area contributed by atoms with Gasteiger partial charge in [-0.2, -0.15) is 11.8 Å². The Morgan fingerprint density at radius 3 is 3.22 bits per heavy atom. The molecule has 1 heterocycles. The molecule has 2 N–H and O–H groups in total. The van der Waals surface area contributed by atoms with Gasteiger partial charge < -0.3 is 19.6 Å². The molecular formula is C13H21NO3S. The van der Waals surface area contributed by atoms with Crippen LogP contribution in [0.4, 0.5) is 0 Å². The van der Waals surface area contributed by atoms with E-state index in [9.17, 15) is 5.11 Å². The number of nitrogens with one attached hydrogen (secondary N) is 1. The first-order chi connectivity index (χ1) is 8.83. The molecule has 1 unspecified atom stereocenters. The van der Waals surface area contributed by atoms with Gasteiger partial charge in [-0.05, 0) is 12.1 Å². The van der Waals surface area contributed by atoms with Crippen molar-refractivity contribution >= 4 is 11.8 Å². The number of aliphatic hydroxyl groups is 1. The second-order valence-corrected chi connectivity index (χ2v) is 4.97. The van der Waals surface area contributed by atoms with Gasteiger partial charge in [-0.15, -0.1) is 6.58 Å². The van der Waals surface area contributed by atoms with Gasteiger partial charge in [-0.3, -0.25) is 0 Å². The lowest BCUT2D eigenvalue weighted by atomic mass is 10.4. The number of hydrogen-bond acceptors (Lipinski definition) is 5. The van der Waals surface area contributed by atoms with E-state index in [4.69, 9.17) is 9.15 Å². The van der Waals surface area contributed by atoms with Crippen molar-refractivity contribution in [3.63, 3.8) is 0 Å². The Bertz CT molecular complexity index is 303. The van der Waals surface area contributed by atoms with Gasteiger partial charge in [0.25, 0.3) is 0 Å². The first-order valence-electron chi connectivity index (χ1n) is 6.00. The second kappa shape index (κ2) is 10.2. The van der Waals surface area contributed by atoms with Crippen LogP contribution in [0.5, 0.6) is 0 Å². The first kappa shape index (κ1) is 15.3. The molecular weight excluding hydrogens is 250 g/mol. The molecule has 0 aliphatic carbocycles. The standard InChI is InChI=1S/C13H21NO3S/c1-2-7-18-8-5-14-9-12(15)10-16-11-13-4-3-6-17-13/h2-4,6,12,14-15H,1,5,7-11H2. The summed E-state index contributed by atoms with van der Waals surface area (Å²) in [5, 5.41) is 12.8. The van der Waals surface area contributed by atoms with Crippen LogP contribution >= 0.6 is 11.8 Å². The molecule has 0 aromatic carbocycles. The summed E-state index contributed by atoms with van der Waals surface area (Å²) >= 11 is 1.82. The van der Waals surface area contributed by atoms with Crippen molar-refractivity contribution in [3.05, 3.63) is 36.8 Å². The van der Waals surface area contributed by atoms with Gasteiger partial charge in [-0.1, -0.05) is 6.08 Å². The third-order valence-electron chi connectivity index (χ3n) is 2.17. The zero-order valence-electron chi connectivity index (χ0n) is 10.5. The summed E-state index contributed by atoms with van der Waals surface area (Å²) in [4.78, 5) is 0. The fourth-order valence-electron chi connectivity index (χ4n) is 1.33. The molecule has 0 aliphatic heterocycles. The molecule has 1 atom stereocenters. The lowest BCUT2D eigenvalue weighted by Crippen LogP contribution is -2.31. The summed E-state index contributed by atoms with van der Waals surface area (Å²) in [5.41, 5.74) is 0. The van der Waals surface area contributed by atoms with E-state index in [1.165, 1.54) is 0 Å². The van der Waals surface area contributed by atoms with Crippen LogP contribution in [0.3, 0.4) is 0 Å². The van der Waals surface area contributed by atoms with Crippen molar-refractivity contribution in [1.82, 2.24) is 5.32 Å². The van der Waals surface area contributed by atoms with Crippen LogP contribution in [-0.4, -0.2) is 42.4 Å². The average Bonchev–Trinajstić information content (AvgIpc) is 2.87. The Morgan fingerprint density at radius 2 is 2.50 bits per heavy atom. The van der Waals surface area contributed by atoms with Gasteiger partial charge in [0.15, 0.2) is 0 Å². The summed E-state index contributed by atoms with van der Waals surface area (Å²) in [6.07, 6.45) is 3.02. The lowest BCUT2D eigenvalue weighted by molar-refractivity contribution is 0.0229. The smallest absolute Gasteiger partial charge is 0.129 e. The Hall–Kier alpha value is -0.750. The number of thioether (sulfide) groups is 1. The molecule has 102 valence electrons. The predicted octanol–water partition coefficient (Wildman–Crippen LogP) is 1.67. The Morgan fingerprint density at radius 1 is 1.61 bits per heavy atom. The first-order valence-corrected chi connectivity index (χ1v) is 7.16. The van der Waals surface area contributed by atoms with Gasteiger partial charge in [0.05, 0.1) is 19.0 Å². The number of furan rings is 1. The topological polar surface area (TPSA) is 54.6 Å². The lowest BCUT2D eigenvalue weighted by Gasteiger charge is -2.11. The van der Waals surface area contributed by atoms with Gasteiger partial charge >= 0.3 is 0 Å².